The van der Waals surface area contributed by atoms with E-state index in [1.807, 2.05) is 79.3 Å². The molecule has 0 aliphatic carbocycles. The molecule has 5 rings (SSSR count). The lowest BCUT2D eigenvalue weighted by Gasteiger charge is -2.29. The van der Waals surface area contributed by atoms with E-state index in [9.17, 15) is 0 Å². The van der Waals surface area contributed by atoms with E-state index in [1.54, 1.807) is 13.3 Å². The monoisotopic (exact) mass is 427 g/mol. The summed E-state index contributed by atoms with van der Waals surface area (Å²) in [6.07, 6.45) is 7.48. The highest BCUT2D eigenvalue weighted by Gasteiger charge is 2.43. The molecule has 0 amide bonds. The zero-order chi connectivity index (χ0) is 21.2. The van der Waals surface area contributed by atoms with E-state index in [4.69, 9.17) is 17.0 Å². The predicted molar refractivity (Wildman–Crippen MR) is 124 cm³/mol. The molecule has 1 N–H and O–H groups in total. The second kappa shape index (κ2) is 8.20. The number of para-hydroxylation sites is 2. The van der Waals surface area contributed by atoms with Crippen LogP contribution in [-0.4, -0.2) is 26.8 Å². The summed E-state index contributed by atoms with van der Waals surface area (Å²) in [7, 11) is 1.68. The zero-order valence-electron chi connectivity index (χ0n) is 16.9. The van der Waals surface area contributed by atoms with Crippen molar-refractivity contribution in [3.63, 3.8) is 0 Å². The SMILES string of the molecule is COc1ccccc1N1C(=S)N[C@@H](c2ccccn2)[C@@H]1c1cccn1-c1cccnc1. The van der Waals surface area contributed by atoms with E-state index in [1.165, 1.54) is 0 Å². The van der Waals surface area contributed by atoms with E-state index < -0.39 is 0 Å². The molecule has 31 heavy (non-hydrogen) atoms. The average molecular weight is 428 g/mol. The van der Waals surface area contributed by atoms with Crippen molar-refractivity contribution in [3.05, 3.63) is 103 Å². The topological polar surface area (TPSA) is 55.2 Å². The first-order chi connectivity index (χ1) is 15.3. The lowest BCUT2D eigenvalue weighted by molar-refractivity contribution is 0.414. The van der Waals surface area contributed by atoms with E-state index in [-0.39, 0.29) is 12.1 Å². The second-order valence-electron chi connectivity index (χ2n) is 7.18. The maximum absolute atomic E-state index is 5.83. The molecular weight excluding hydrogens is 406 g/mol. The van der Waals surface area contributed by atoms with Crippen LogP contribution in [0.3, 0.4) is 0 Å². The number of hydrogen-bond donors (Lipinski definition) is 1. The van der Waals surface area contributed by atoms with Gasteiger partial charge in [0.25, 0.3) is 0 Å². The summed E-state index contributed by atoms with van der Waals surface area (Å²) in [5.74, 6) is 0.762. The predicted octanol–water partition coefficient (Wildman–Crippen LogP) is 4.45. The van der Waals surface area contributed by atoms with Crippen LogP contribution in [0.2, 0.25) is 0 Å². The van der Waals surface area contributed by atoms with Crippen molar-refractivity contribution >= 4 is 23.0 Å². The van der Waals surface area contributed by atoms with E-state index in [0.717, 1.165) is 28.5 Å². The Hall–Kier alpha value is -3.71. The molecule has 0 unspecified atom stereocenters. The molecule has 6 nitrogen and oxygen atoms in total. The number of nitrogens with one attached hydrogen (secondary N) is 1. The first-order valence-electron chi connectivity index (χ1n) is 9.99. The van der Waals surface area contributed by atoms with Gasteiger partial charge in [-0.25, -0.2) is 0 Å². The van der Waals surface area contributed by atoms with Gasteiger partial charge in [0.2, 0.25) is 0 Å². The lowest BCUT2D eigenvalue weighted by atomic mass is 10.0. The number of ether oxygens (including phenoxy) is 1. The minimum atomic E-state index is -0.145. The summed E-state index contributed by atoms with van der Waals surface area (Å²) < 4.78 is 7.81. The molecule has 1 aliphatic heterocycles. The summed E-state index contributed by atoms with van der Waals surface area (Å²) in [5.41, 5.74) is 3.89. The van der Waals surface area contributed by atoms with Crippen molar-refractivity contribution in [1.29, 1.82) is 0 Å². The summed E-state index contributed by atoms with van der Waals surface area (Å²) in [5, 5.41) is 4.13. The first-order valence-corrected chi connectivity index (χ1v) is 10.4. The number of aromatic nitrogens is 3. The highest BCUT2D eigenvalue weighted by Crippen LogP contribution is 2.44. The fourth-order valence-corrected chi connectivity index (χ4v) is 4.45. The third-order valence-electron chi connectivity index (χ3n) is 5.45. The molecule has 4 aromatic rings. The normalized spacial score (nSPS) is 18.1. The number of hydrogen-bond acceptors (Lipinski definition) is 4. The zero-order valence-corrected chi connectivity index (χ0v) is 17.7. The molecule has 0 spiro atoms. The Kier molecular flexibility index (Phi) is 5.09. The van der Waals surface area contributed by atoms with Crippen molar-refractivity contribution in [2.45, 2.75) is 12.1 Å². The van der Waals surface area contributed by atoms with E-state index >= 15 is 0 Å². The maximum atomic E-state index is 5.83. The highest BCUT2D eigenvalue weighted by molar-refractivity contribution is 7.80. The van der Waals surface area contributed by atoms with Gasteiger partial charge in [-0.3, -0.25) is 9.97 Å². The van der Waals surface area contributed by atoms with Gasteiger partial charge >= 0.3 is 0 Å². The van der Waals surface area contributed by atoms with Crippen LogP contribution in [0.4, 0.5) is 5.69 Å². The number of pyridine rings is 2. The third-order valence-corrected chi connectivity index (χ3v) is 5.76. The van der Waals surface area contributed by atoms with Crippen LogP contribution in [0.5, 0.6) is 5.75 Å². The molecular formula is C24H21N5OS. The van der Waals surface area contributed by atoms with Crippen LogP contribution in [0.1, 0.15) is 23.5 Å². The van der Waals surface area contributed by atoms with Crippen molar-refractivity contribution < 1.29 is 4.74 Å². The molecule has 154 valence electrons. The quantitative estimate of drug-likeness (QED) is 0.475. The molecule has 0 bridgehead atoms. The fourth-order valence-electron chi connectivity index (χ4n) is 4.11. The highest BCUT2D eigenvalue weighted by atomic mass is 32.1. The summed E-state index contributed by atoms with van der Waals surface area (Å²) >= 11 is 5.83. The van der Waals surface area contributed by atoms with Gasteiger partial charge in [0.1, 0.15) is 11.8 Å². The van der Waals surface area contributed by atoms with Gasteiger partial charge < -0.3 is 19.5 Å². The van der Waals surface area contributed by atoms with Gasteiger partial charge in [0.15, 0.2) is 5.11 Å². The van der Waals surface area contributed by atoms with Gasteiger partial charge in [0, 0.05) is 24.3 Å². The van der Waals surface area contributed by atoms with E-state index in [0.29, 0.717) is 5.11 Å². The maximum Gasteiger partial charge on any atom is 0.174 e. The number of thiocarbonyl (C=S) groups is 1. The second-order valence-corrected chi connectivity index (χ2v) is 7.57. The van der Waals surface area contributed by atoms with Gasteiger partial charge in [0.05, 0.1) is 36.4 Å². The van der Waals surface area contributed by atoms with Crippen molar-refractivity contribution in [2.75, 3.05) is 12.0 Å². The third kappa shape index (κ3) is 3.43. The van der Waals surface area contributed by atoms with Crippen LogP contribution >= 0.6 is 12.2 Å². The number of anilines is 1. The van der Waals surface area contributed by atoms with Crippen LogP contribution in [0.15, 0.2) is 91.5 Å². The standard InChI is InChI=1S/C24H21N5OS/c1-30-21-12-3-2-10-19(21)29-23(22(27-24(29)31)18-9-4-5-14-26-18)20-11-7-15-28(20)17-8-6-13-25-16-17/h2-16,22-23H,1H3,(H,27,31)/t22-,23-/m0/s1. The number of benzene rings is 1. The van der Waals surface area contributed by atoms with Crippen molar-refractivity contribution in [3.8, 4) is 11.4 Å². The first kappa shape index (κ1) is 19.3. The average Bonchev–Trinajstić information content (AvgIpc) is 3.44. The Morgan fingerprint density at radius 3 is 2.61 bits per heavy atom. The molecule has 7 heteroatoms. The molecule has 4 heterocycles. The molecule has 0 radical (unpaired) electrons. The molecule has 1 fully saturated rings. The summed E-state index contributed by atoms with van der Waals surface area (Å²) in [6, 6.07) is 21.7. The van der Waals surface area contributed by atoms with Crippen molar-refractivity contribution in [2.24, 2.45) is 0 Å². The summed E-state index contributed by atoms with van der Waals surface area (Å²) in [6.45, 7) is 0. The smallest absolute Gasteiger partial charge is 0.174 e. The van der Waals surface area contributed by atoms with Gasteiger partial charge in [-0.2, -0.15) is 0 Å². The number of methoxy groups -OCH3 is 1. The summed E-state index contributed by atoms with van der Waals surface area (Å²) in [4.78, 5) is 11.0. The molecule has 2 atom stereocenters. The van der Waals surface area contributed by atoms with Gasteiger partial charge in [-0.05, 0) is 60.7 Å². The minimum Gasteiger partial charge on any atom is -0.495 e. The Morgan fingerprint density at radius 1 is 0.968 bits per heavy atom. The number of nitrogens with zero attached hydrogens (tertiary/aromatic N) is 4. The molecule has 1 saturated heterocycles. The van der Waals surface area contributed by atoms with Gasteiger partial charge in [-0.1, -0.05) is 18.2 Å². The Morgan fingerprint density at radius 2 is 1.84 bits per heavy atom. The van der Waals surface area contributed by atoms with Crippen LogP contribution in [0.25, 0.3) is 5.69 Å². The van der Waals surface area contributed by atoms with Crippen LogP contribution < -0.4 is 15.0 Å². The molecule has 1 aliphatic rings. The van der Waals surface area contributed by atoms with Crippen molar-refractivity contribution in [1.82, 2.24) is 19.9 Å². The molecule has 0 saturated carbocycles. The molecule has 1 aromatic carbocycles. The lowest BCUT2D eigenvalue weighted by Crippen LogP contribution is -2.30. The number of rotatable bonds is 5. The van der Waals surface area contributed by atoms with E-state index in [2.05, 4.69) is 30.8 Å². The fraction of sp³-hybridized carbons (Fsp3) is 0.125. The van der Waals surface area contributed by atoms with Crippen LogP contribution in [0, 0.1) is 0 Å². The Labute approximate surface area is 186 Å². The minimum absolute atomic E-state index is 0.135. The Bertz CT molecular complexity index is 1190. The Balaban J connectivity index is 1.69. The van der Waals surface area contributed by atoms with Gasteiger partial charge in [-0.15, -0.1) is 0 Å². The molecule has 3 aromatic heterocycles. The largest absolute Gasteiger partial charge is 0.495 e. The van der Waals surface area contributed by atoms with Crippen LogP contribution in [-0.2, 0) is 0 Å².